The molecular weight excluding hydrogens is 500 g/mol. The number of rotatable bonds is 3. The first-order valence-electron chi connectivity index (χ1n) is 10.1. The fourth-order valence-corrected chi connectivity index (χ4v) is 5.97. The zero-order chi connectivity index (χ0) is 24.6. The van der Waals surface area contributed by atoms with Crippen LogP contribution < -0.4 is 10.5 Å². The molecule has 4 rings (SSSR count). The average Bonchev–Trinajstić information content (AvgIpc) is 2.72. The Labute approximate surface area is 197 Å². The molecule has 0 bridgehead atoms. The summed E-state index contributed by atoms with van der Waals surface area (Å²) in [4.78, 5) is 40.1. The summed E-state index contributed by atoms with van der Waals surface area (Å²) in [6.45, 7) is 0. The monoisotopic (exact) mass is 522 g/mol. The topological polar surface area (TPSA) is 171 Å². The highest BCUT2D eigenvalue weighted by atomic mass is 79.9. The van der Waals surface area contributed by atoms with Crippen molar-refractivity contribution >= 4 is 39.2 Å². The standard InChI is InChI=1S/C22H23BrN2O8/c1-25(2)15-9-5-7-4-8-10(23)6-11(33-3)16(26)13(8)17(27)12(7)19(29)22(9,32)20(30)14(18(15)28)21(24)31/h6-7,9,15,26-27,30,32H,4-5H2,1-3H3,(H2,24,31)/t7?,9?,15-,22-/m0/s1. The number of phenolic OH excluding ortho intramolecular Hbond substituents is 1. The summed E-state index contributed by atoms with van der Waals surface area (Å²) < 4.78 is 5.66. The highest BCUT2D eigenvalue weighted by Gasteiger charge is 2.64. The van der Waals surface area contributed by atoms with Crippen LogP contribution in [0.1, 0.15) is 17.5 Å². The van der Waals surface area contributed by atoms with E-state index in [1.165, 1.54) is 18.1 Å². The van der Waals surface area contributed by atoms with E-state index in [-0.39, 0.29) is 35.5 Å². The van der Waals surface area contributed by atoms with E-state index in [0.717, 1.165) is 0 Å². The molecule has 0 spiro atoms. The predicted molar refractivity (Wildman–Crippen MR) is 118 cm³/mol. The van der Waals surface area contributed by atoms with Crippen LogP contribution in [0, 0.1) is 11.8 Å². The molecule has 0 heterocycles. The van der Waals surface area contributed by atoms with Gasteiger partial charge in [-0.1, -0.05) is 15.9 Å². The number of primary amides is 1. The Kier molecular flexibility index (Phi) is 5.34. The normalized spacial score (nSPS) is 29.1. The largest absolute Gasteiger partial charge is 0.508 e. The molecule has 4 atom stereocenters. The van der Waals surface area contributed by atoms with Crippen molar-refractivity contribution < 1.29 is 39.5 Å². The molecule has 0 aliphatic heterocycles. The van der Waals surface area contributed by atoms with Gasteiger partial charge in [0, 0.05) is 16.0 Å². The van der Waals surface area contributed by atoms with Crippen molar-refractivity contribution in [2.75, 3.05) is 21.2 Å². The van der Waals surface area contributed by atoms with Crippen molar-refractivity contribution in [1.29, 1.82) is 0 Å². The Morgan fingerprint density at radius 3 is 2.45 bits per heavy atom. The van der Waals surface area contributed by atoms with Gasteiger partial charge in [0.1, 0.15) is 17.1 Å². The first-order chi connectivity index (χ1) is 15.4. The number of ketones is 2. The van der Waals surface area contributed by atoms with Gasteiger partial charge in [-0.2, -0.15) is 0 Å². The third-order valence-electron chi connectivity index (χ3n) is 6.85. The number of hydrogen-bond donors (Lipinski definition) is 5. The molecule has 11 heteroatoms. The van der Waals surface area contributed by atoms with Gasteiger partial charge in [0.05, 0.1) is 18.7 Å². The number of fused-ring (bicyclic) bond motifs is 3. The van der Waals surface area contributed by atoms with Crippen LogP contribution in [0.15, 0.2) is 27.4 Å². The fraction of sp³-hybridized carbons (Fsp3) is 0.409. The molecule has 3 aliphatic carbocycles. The average molecular weight is 523 g/mol. The smallest absolute Gasteiger partial charge is 0.255 e. The Morgan fingerprint density at radius 2 is 1.91 bits per heavy atom. The van der Waals surface area contributed by atoms with Crippen LogP contribution in [-0.4, -0.2) is 75.6 Å². The molecule has 176 valence electrons. The van der Waals surface area contributed by atoms with Crippen molar-refractivity contribution in [3.05, 3.63) is 38.6 Å². The number of aromatic hydroxyl groups is 1. The maximum atomic E-state index is 13.7. The number of carbonyl (C=O) groups excluding carboxylic acids is 3. The second kappa shape index (κ2) is 7.57. The molecule has 33 heavy (non-hydrogen) atoms. The third kappa shape index (κ3) is 2.95. The molecule has 6 N–H and O–H groups in total. The van der Waals surface area contributed by atoms with E-state index >= 15 is 0 Å². The van der Waals surface area contributed by atoms with E-state index in [9.17, 15) is 34.8 Å². The van der Waals surface area contributed by atoms with E-state index in [1.807, 2.05) is 0 Å². The van der Waals surface area contributed by atoms with Gasteiger partial charge in [0.25, 0.3) is 5.91 Å². The Morgan fingerprint density at radius 1 is 1.27 bits per heavy atom. The number of carbonyl (C=O) groups is 3. The first kappa shape index (κ1) is 23.3. The van der Waals surface area contributed by atoms with Crippen molar-refractivity contribution in [2.45, 2.75) is 24.5 Å². The second-order valence-electron chi connectivity index (χ2n) is 8.72. The summed E-state index contributed by atoms with van der Waals surface area (Å²) in [6, 6.07) is 0.420. The van der Waals surface area contributed by atoms with Crippen molar-refractivity contribution in [3.63, 3.8) is 0 Å². The highest BCUT2D eigenvalue weighted by Crippen LogP contribution is 2.54. The lowest BCUT2D eigenvalue weighted by Gasteiger charge is -2.50. The van der Waals surface area contributed by atoms with E-state index in [1.54, 1.807) is 14.1 Å². The van der Waals surface area contributed by atoms with E-state index in [2.05, 4.69) is 15.9 Å². The summed E-state index contributed by atoms with van der Waals surface area (Å²) in [7, 11) is 4.43. The summed E-state index contributed by atoms with van der Waals surface area (Å²) in [5.41, 5.74) is 2.08. The fourth-order valence-electron chi connectivity index (χ4n) is 5.40. The minimum absolute atomic E-state index is 0.0301. The van der Waals surface area contributed by atoms with Gasteiger partial charge >= 0.3 is 0 Å². The molecule has 0 radical (unpaired) electrons. The van der Waals surface area contributed by atoms with Crippen LogP contribution in [0.25, 0.3) is 5.76 Å². The number of ether oxygens (including phenoxy) is 1. The summed E-state index contributed by atoms with van der Waals surface area (Å²) in [5, 5.41) is 44.0. The molecule has 0 saturated heterocycles. The molecular formula is C22H23BrN2O8. The van der Waals surface area contributed by atoms with Crippen LogP contribution in [0.5, 0.6) is 11.5 Å². The molecule has 1 aromatic carbocycles. The molecule has 3 aliphatic rings. The molecule has 1 fully saturated rings. The number of aliphatic hydroxyl groups excluding tert-OH is 2. The van der Waals surface area contributed by atoms with Gasteiger partial charge in [-0.15, -0.1) is 0 Å². The number of phenols is 1. The van der Waals surface area contributed by atoms with Gasteiger partial charge in [-0.25, -0.2) is 0 Å². The number of halogens is 1. The number of hydrogen-bond acceptors (Lipinski definition) is 9. The number of likely N-dealkylation sites (N-methyl/N-ethyl adjacent to an activating group) is 1. The lowest BCUT2D eigenvalue weighted by atomic mass is 9.57. The molecule has 1 saturated carbocycles. The third-order valence-corrected chi connectivity index (χ3v) is 7.56. The van der Waals surface area contributed by atoms with Gasteiger partial charge in [0.2, 0.25) is 5.78 Å². The predicted octanol–water partition coefficient (Wildman–Crippen LogP) is 0.735. The highest BCUT2D eigenvalue weighted by molar-refractivity contribution is 9.10. The quantitative estimate of drug-likeness (QED) is 0.359. The summed E-state index contributed by atoms with van der Waals surface area (Å²) >= 11 is 3.40. The van der Waals surface area contributed by atoms with Crippen molar-refractivity contribution in [2.24, 2.45) is 17.6 Å². The molecule has 1 amide bonds. The zero-order valence-corrected chi connectivity index (χ0v) is 19.6. The zero-order valence-electron chi connectivity index (χ0n) is 18.0. The number of nitrogens with two attached hydrogens (primary N) is 1. The Bertz CT molecular complexity index is 1190. The summed E-state index contributed by atoms with van der Waals surface area (Å²) in [6.07, 6.45) is 0.234. The van der Waals surface area contributed by atoms with Gasteiger partial charge < -0.3 is 30.9 Å². The maximum Gasteiger partial charge on any atom is 0.255 e. The van der Waals surface area contributed by atoms with E-state index < -0.39 is 58.0 Å². The van der Waals surface area contributed by atoms with Gasteiger partial charge in [-0.3, -0.25) is 19.3 Å². The number of nitrogens with zero attached hydrogens (tertiary/aromatic N) is 1. The number of amides is 1. The molecule has 1 aromatic rings. The van der Waals surface area contributed by atoms with E-state index in [4.69, 9.17) is 10.5 Å². The minimum Gasteiger partial charge on any atom is -0.508 e. The molecule has 2 unspecified atom stereocenters. The SMILES string of the molecule is COc1cc(Br)c2c(c1O)C(O)=C1C(=O)[C@]3(O)C(O)=C(C(N)=O)C(=O)[C@@H](N(C)C)C3CC1C2. The van der Waals surface area contributed by atoms with Crippen molar-refractivity contribution in [1.82, 2.24) is 4.90 Å². The van der Waals surface area contributed by atoms with Gasteiger partial charge in [-0.05, 0) is 44.5 Å². The lowest BCUT2D eigenvalue weighted by Crippen LogP contribution is -2.65. The Hall–Kier alpha value is -2.89. The van der Waals surface area contributed by atoms with Crippen LogP contribution in [0.4, 0.5) is 0 Å². The minimum atomic E-state index is -2.66. The van der Waals surface area contributed by atoms with Crippen LogP contribution in [0.3, 0.4) is 0 Å². The number of aliphatic hydroxyl groups is 3. The summed E-state index contributed by atoms with van der Waals surface area (Å²) in [5.74, 6) is -6.86. The number of Topliss-reactive ketones (excluding diaryl/α,β-unsaturated/α-hetero) is 2. The van der Waals surface area contributed by atoms with Crippen LogP contribution in [0.2, 0.25) is 0 Å². The van der Waals surface area contributed by atoms with Crippen LogP contribution in [-0.2, 0) is 20.8 Å². The van der Waals surface area contributed by atoms with Crippen molar-refractivity contribution in [3.8, 4) is 11.5 Å². The first-order valence-corrected chi connectivity index (χ1v) is 10.9. The lowest BCUT2D eigenvalue weighted by molar-refractivity contribution is -0.153. The molecule has 0 aromatic heterocycles. The van der Waals surface area contributed by atoms with Gasteiger partial charge in [0.15, 0.2) is 22.9 Å². The maximum absolute atomic E-state index is 13.7. The second-order valence-corrected chi connectivity index (χ2v) is 9.58. The Balaban J connectivity index is 2.00. The van der Waals surface area contributed by atoms with Crippen LogP contribution >= 0.6 is 15.9 Å². The molecule has 10 nitrogen and oxygen atoms in total. The van der Waals surface area contributed by atoms with E-state index in [0.29, 0.717) is 10.0 Å². The number of benzene rings is 1. The number of methoxy groups -OCH3 is 1.